The Morgan fingerprint density at radius 1 is 1.00 bits per heavy atom. The minimum absolute atomic E-state index is 0.0392. The van der Waals surface area contributed by atoms with Crippen LogP contribution in [0.4, 0.5) is 0 Å². The average Bonchev–Trinajstić information content (AvgIpc) is 2.63. The van der Waals surface area contributed by atoms with Crippen molar-refractivity contribution in [2.45, 2.75) is 27.2 Å². The molecule has 0 fully saturated rings. The molecular weight excluding hydrogens is 320 g/mol. The molecule has 0 N–H and O–H groups in total. The van der Waals surface area contributed by atoms with Gasteiger partial charge in [0.2, 0.25) is 0 Å². The first kappa shape index (κ1) is 21.0. The second-order valence-corrected chi connectivity index (χ2v) is 5.84. The molecule has 0 spiro atoms. The summed E-state index contributed by atoms with van der Waals surface area (Å²) in [5.41, 5.74) is 1.14. The summed E-state index contributed by atoms with van der Waals surface area (Å²) >= 11 is 0. The topological polar surface area (TPSA) is 59.1 Å². The lowest BCUT2D eigenvalue weighted by Crippen LogP contribution is -2.42. The lowest BCUT2D eigenvalue weighted by atomic mass is 10.2. The van der Waals surface area contributed by atoms with Crippen molar-refractivity contribution in [2.75, 3.05) is 46.4 Å². The van der Waals surface area contributed by atoms with Gasteiger partial charge in [-0.05, 0) is 32.1 Å². The molecule has 6 heteroatoms. The molecule has 25 heavy (non-hydrogen) atoms. The van der Waals surface area contributed by atoms with E-state index in [2.05, 4.69) is 23.5 Å². The summed E-state index contributed by atoms with van der Waals surface area (Å²) in [5, 5.41) is 0. The minimum Gasteiger partial charge on any atom is -0.484 e. The van der Waals surface area contributed by atoms with Crippen LogP contribution in [0.3, 0.4) is 0 Å². The van der Waals surface area contributed by atoms with Crippen molar-refractivity contribution in [3.8, 4) is 5.75 Å². The maximum absolute atomic E-state index is 12.5. The van der Waals surface area contributed by atoms with Crippen molar-refractivity contribution in [1.82, 2.24) is 9.80 Å². The standard InChI is InChI=1S/C19H30N2O4/c1-5-20(6-2)13-14-21(12-11-19(23)24-4)18(22)15-25-17-9-7-16(3)8-10-17/h7-10H,5-6,11-15H2,1-4H3. The molecular formula is C19H30N2O4. The number of aryl methyl sites for hydroxylation is 1. The Hall–Kier alpha value is -2.08. The first-order valence-corrected chi connectivity index (χ1v) is 8.76. The summed E-state index contributed by atoms with van der Waals surface area (Å²) in [7, 11) is 1.35. The van der Waals surface area contributed by atoms with Gasteiger partial charge in [0.15, 0.2) is 6.61 Å². The molecule has 0 saturated carbocycles. The van der Waals surface area contributed by atoms with Gasteiger partial charge in [0, 0.05) is 19.6 Å². The number of ether oxygens (including phenoxy) is 2. The summed E-state index contributed by atoms with van der Waals surface area (Å²) < 4.78 is 10.2. The summed E-state index contributed by atoms with van der Waals surface area (Å²) in [4.78, 5) is 27.8. The average molecular weight is 350 g/mol. The summed E-state index contributed by atoms with van der Waals surface area (Å²) in [6, 6.07) is 7.57. The van der Waals surface area contributed by atoms with Gasteiger partial charge in [-0.2, -0.15) is 0 Å². The Morgan fingerprint density at radius 3 is 2.20 bits per heavy atom. The van der Waals surface area contributed by atoms with Crippen LogP contribution in [0.1, 0.15) is 25.8 Å². The summed E-state index contributed by atoms with van der Waals surface area (Å²) in [6.45, 7) is 9.66. The van der Waals surface area contributed by atoms with E-state index in [0.29, 0.717) is 18.8 Å². The lowest BCUT2D eigenvalue weighted by Gasteiger charge is -2.26. The first-order chi connectivity index (χ1) is 12.0. The van der Waals surface area contributed by atoms with Crippen molar-refractivity contribution in [3.63, 3.8) is 0 Å². The van der Waals surface area contributed by atoms with Gasteiger partial charge in [-0.3, -0.25) is 9.59 Å². The molecule has 0 aliphatic rings. The van der Waals surface area contributed by atoms with Gasteiger partial charge in [-0.1, -0.05) is 31.5 Å². The second kappa shape index (κ2) is 11.5. The minimum atomic E-state index is -0.319. The van der Waals surface area contributed by atoms with Crippen molar-refractivity contribution in [3.05, 3.63) is 29.8 Å². The SMILES string of the molecule is CCN(CC)CCN(CCC(=O)OC)C(=O)COc1ccc(C)cc1. The molecule has 0 bridgehead atoms. The van der Waals surface area contributed by atoms with Crippen LogP contribution in [0.25, 0.3) is 0 Å². The zero-order chi connectivity index (χ0) is 18.7. The fourth-order valence-corrected chi connectivity index (χ4v) is 2.36. The number of hydrogen-bond acceptors (Lipinski definition) is 5. The highest BCUT2D eigenvalue weighted by Gasteiger charge is 2.17. The molecule has 0 aliphatic heterocycles. The maximum Gasteiger partial charge on any atom is 0.307 e. The molecule has 140 valence electrons. The molecule has 1 aromatic carbocycles. The van der Waals surface area contributed by atoms with Crippen LogP contribution in [-0.4, -0.2) is 68.1 Å². The monoisotopic (exact) mass is 350 g/mol. The highest BCUT2D eigenvalue weighted by atomic mass is 16.5. The first-order valence-electron chi connectivity index (χ1n) is 8.76. The Kier molecular flexibility index (Phi) is 9.62. The molecule has 1 amide bonds. The molecule has 0 aromatic heterocycles. The highest BCUT2D eigenvalue weighted by Crippen LogP contribution is 2.11. The van der Waals surface area contributed by atoms with E-state index in [1.165, 1.54) is 7.11 Å². The van der Waals surface area contributed by atoms with Crippen LogP contribution in [-0.2, 0) is 14.3 Å². The van der Waals surface area contributed by atoms with Crippen LogP contribution in [0.15, 0.2) is 24.3 Å². The van der Waals surface area contributed by atoms with E-state index in [4.69, 9.17) is 4.74 Å². The van der Waals surface area contributed by atoms with Gasteiger partial charge in [0.25, 0.3) is 5.91 Å². The second-order valence-electron chi connectivity index (χ2n) is 5.84. The predicted octanol–water partition coefficient (Wildman–Crippen LogP) is 2.11. The quantitative estimate of drug-likeness (QED) is 0.572. The zero-order valence-electron chi connectivity index (χ0n) is 15.8. The highest BCUT2D eigenvalue weighted by molar-refractivity contribution is 5.78. The number of esters is 1. The molecule has 0 unspecified atom stereocenters. The van der Waals surface area contributed by atoms with Crippen LogP contribution in [0, 0.1) is 6.92 Å². The number of hydrogen-bond donors (Lipinski definition) is 0. The van der Waals surface area contributed by atoms with Gasteiger partial charge in [-0.25, -0.2) is 0 Å². The molecule has 0 atom stereocenters. The third-order valence-electron chi connectivity index (χ3n) is 4.13. The largest absolute Gasteiger partial charge is 0.484 e. The molecule has 0 radical (unpaired) electrons. The number of amides is 1. The predicted molar refractivity (Wildman–Crippen MR) is 97.7 cm³/mol. The van der Waals surface area contributed by atoms with E-state index in [9.17, 15) is 9.59 Å². The number of methoxy groups -OCH3 is 1. The van der Waals surface area contributed by atoms with E-state index in [1.807, 2.05) is 31.2 Å². The van der Waals surface area contributed by atoms with E-state index in [1.54, 1.807) is 4.90 Å². The normalized spacial score (nSPS) is 10.6. The molecule has 0 aliphatic carbocycles. The van der Waals surface area contributed by atoms with Gasteiger partial charge in [-0.15, -0.1) is 0 Å². The van der Waals surface area contributed by atoms with Gasteiger partial charge >= 0.3 is 5.97 Å². The maximum atomic E-state index is 12.5. The molecule has 6 nitrogen and oxygen atoms in total. The number of rotatable bonds is 11. The third-order valence-corrected chi connectivity index (χ3v) is 4.13. The zero-order valence-corrected chi connectivity index (χ0v) is 15.8. The van der Waals surface area contributed by atoms with Gasteiger partial charge in [0.1, 0.15) is 5.75 Å². The van der Waals surface area contributed by atoms with E-state index in [0.717, 1.165) is 25.2 Å². The van der Waals surface area contributed by atoms with Crippen molar-refractivity contribution in [1.29, 1.82) is 0 Å². The van der Waals surface area contributed by atoms with Crippen LogP contribution < -0.4 is 4.74 Å². The molecule has 0 saturated heterocycles. The number of likely N-dealkylation sites (N-methyl/N-ethyl adjacent to an activating group) is 1. The third kappa shape index (κ3) is 8.03. The van der Waals surface area contributed by atoms with E-state index < -0.39 is 0 Å². The Morgan fingerprint density at radius 2 is 1.64 bits per heavy atom. The number of carbonyl (C=O) groups is 2. The van der Waals surface area contributed by atoms with Gasteiger partial charge < -0.3 is 19.3 Å². The number of benzene rings is 1. The van der Waals surface area contributed by atoms with E-state index >= 15 is 0 Å². The number of carbonyl (C=O) groups excluding carboxylic acids is 2. The van der Waals surface area contributed by atoms with E-state index in [-0.39, 0.29) is 24.9 Å². The Labute approximate surface area is 150 Å². The van der Waals surface area contributed by atoms with Gasteiger partial charge in [0.05, 0.1) is 13.5 Å². The van der Waals surface area contributed by atoms with Crippen molar-refractivity contribution >= 4 is 11.9 Å². The van der Waals surface area contributed by atoms with Crippen molar-refractivity contribution in [2.24, 2.45) is 0 Å². The van der Waals surface area contributed by atoms with Crippen LogP contribution >= 0.6 is 0 Å². The Balaban J connectivity index is 2.59. The molecule has 1 aromatic rings. The van der Waals surface area contributed by atoms with Crippen molar-refractivity contribution < 1.29 is 19.1 Å². The smallest absolute Gasteiger partial charge is 0.307 e. The van der Waals surface area contributed by atoms with Crippen LogP contribution in [0.2, 0.25) is 0 Å². The summed E-state index contributed by atoms with van der Waals surface area (Å²) in [5.74, 6) is 0.215. The number of nitrogens with zero attached hydrogens (tertiary/aromatic N) is 2. The Bertz CT molecular complexity index is 527. The molecule has 0 heterocycles. The summed E-state index contributed by atoms with van der Waals surface area (Å²) in [6.07, 6.45) is 0.186. The van der Waals surface area contributed by atoms with Crippen LogP contribution in [0.5, 0.6) is 5.75 Å². The fraction of sp³-hybridized carbons (Fsp3) is 0.579. The lowest BCUT2D eigenvalue weighted by molar-refractivity contribution is -0.142. The fourth-order valence-electron chi connectivity index (χ4n) is 2.36. The molecule has 1 rings (SSSR count).